The van der Waals surface area contributed by atoms with Gasteiger partial charge in [-0.05, 0) is 29.9 Å². The molecule has 1 fully saturated rings. The number of ether oxygens (including phenoxy) is 1. The number of methoxy groups -OCH3 is 1. The van der Waals surface area contributed by atoms with Gasteiger partial charge in [0.2, 0.25) is 0 Å². The number of nitrogens with one attached hydrogen (secondary N) is 1. The number of nitrogens with zero attached hydrogens (tertiary/aromatic N) is 1. The van der Waals surface area contributed by atoms with Crippen LogP contribution in [0.1, 0.15) is 32.8 Å². The quantitative estimate of drug-likeness (QED) is 0.920. The zero-order valence-electron chi connectivity index (χ0n) is 13.5. The van der Waals surface area contributed by atoms with Crippen LogP contribution in [0.15, 0.2) is 29.3 Å². The van der Waals surface area contributed by atoms with Gasteiger partial charge in [-0.15, -0.1) is 0 Å². The summed E-state index contributed by atoms with van der Waals surface area (Å²) < 4.78 is 5.38. The predicted molar refractivity (Wildman–Crippen MR) is 92.5 cm³/mol. The molecule has 2 rings (SSSR count). The van der Waals surface area contributed by atoms with Gasteiger partial charge in [-0.1, -0.05) is 50.7 Å². The molecule has 1 aromatic carbocycles. The van der Waals surface area contributed by atoms with Gasteiger partial charge in [0.1, 0.15) is 5.75 Å². The van der Waals surface area contributed by atoms with E-state index in [2.05, 4.69) is 32.2 Å². The van der Waals surface area contributed by atoms with Crippen molar-refractivity contribution in [3.05, 3.63) is 29.8 Å². The summed E-state index contributed by atoms with van der Waals surface area (Å²) >= 11 is 1.84. The molecule has 0 amide bonds. The van der Waals surface area contributed by atoms with Gasteiger partial charge >= 0.3 is 0 Å². The molecule has 0 radical (unpaired) electrons. The Hall–Kier alpha value is -1.16. The Balaban J connectivity index is 1.92. The molecule has 1 aromatic rings. The third-order valence-electron chi connectivity index (χ3n) is 3.82. The SMILES string of the molecule is COc1ccccc1CCN=C1NC(C(C)(C)C)CCS1. The van der Waals surface area contributed by atoms with E-state index in [9.17, 15) is 0 Å². The van der Waals surface area contributed by atoms with Crippen molar-refractivity contribution in [3.8, 4) is 5.75 Å². The fourth-order valence-corrected chi connectivity index (χ4v) is 3.42. The van der Waals surface area contributed by atoms with Crippen LogP contribution in [0.2, 0.25) is 0 Å². The fraction of sp³-hybridized carbons (Fsp3) is 0.588. The lowest BCUT2D eigenvalue weighted by atomic mass is 9.85. The zero-order valence-corrected chi connectivity index (χ0v) is 14.3. The van der Waals surface area contributed by atoms with E-state index in [0.717, 1.165) is 29.6 Å². The highest BCUT2D eigenvalue weighted by Crippen LogP contribution is 2.27. The van der Waals surface area contributed by atoms with Gasteiger partial charge in [-0.25, -0.2) is 0 Å². The second-order valence-corrected chi connectivity index (χ2v) is 7.53. The van der Waals surface area contributed by atoms with Crippen LogP contribution in [0.4, 0.5) is 0 Å². The number of hydrogen-bond donors (Lipinski definition) is 1. The Morgan fingerprint density at radius 2 is 2.10 bits per heavy atom. The molecule has 1 atom stereocenters. The number of aliphatic imine (C=N–C) groups is 1. The van der Waals surface area contributed by atoms with Crippen LogP contribution in [0.5, 0.6) is 5.75 Å². The van der Waals surface area contributed by atoms with E-state index < -0.39 is 0 Å². The molecule has 0 aliphatic carbocycles. The van der Waals surface area contributed by atoms with Crippen LogP contribution in [0.25, 0.3) is 0 Å². The minimum absolute atomic E-state index is 0.282. The number of hydrogen-bond acceptors (Lipinski definition) is 3. The molecule has 0 bridgehead atoms. The van der Waals surface area contributed by atoms with Crippen molar-refractivity contribution >= 4 is 16.9 Å². The predicted octanol–water partition coefficient (Wildman–Crippen LogP) is 3.73. The number of para-hydroxylation sites is 1. The first-order valence-electron chi connectivity index (χ1n) is 7.56. The molecule has 116 valence electrons. The Labute approximate surface area is 132 Å². The molecule has 1 aliphatic rings. The van der Waals surface area contributed by atoms with Crippen molar-refractivity contribution in [1.82, 2.24) is 5.32 Å². The molecule has 21 heavy (non-hydrogen) atoms. The van der Waals surface area contributed by atoms with Gasteiger partial charge in [-0.3, -0.25) is 4.99 Å². The van der Waals surface area contributed by atoms with Crippen molar-refractivity contribution in [2.75, 3.05) is 19.4 Å². The highest BCUT2D eigenvalue weighted by molar-refractivity contribution is 8.13. The molecule has 3 nitrogen and oxygen atoms in total. The highest BCUT2D eigenvalue weighted by atomic mass is 32.2. The Morgan fingerprint density at radius 1 is 1.33 bits per heavy atom. The van der Waals surface area contributed by atoms with Crippen molar-refractivity contribution in [2.24, 2.45) is 10.4 Å². The molecule has 1 unspecified atom stereocenters. The van der Waals surface area contributed by atoms with Crippen molar-refractivity contribution < 1.29 is 4.74 Å². The number of benzene rings is 1. The van der Waals surface area contributed by atoms with Crippen molar-refractivity contribution in [2.45, 2.75) is 39.7 Å². The van der Waals surface area contributed by atoms with Crippen LogP contribution in [0, 0.1) is 5.41 Å². The third-order valence-corrected chi connectivity index (χ3v) is 4.78. The monoisotopic (exact) mass is 306 g/mol. The van der Waals surface area contributed by atoms with E-state index in [4.69, 9.17) is 9.73 Å². The van der Waals surface area contributed by atoms with Gasteiger partial charge in [0.05, 0.1) is 7.11 Å². The first-order valence-corrected chi connectivity index (χ1v) is 8.55. The number of amidine groups is 1. The molecule has 1 saturated heterocycles. The normalized spacial score (nSPS) is 21.1. The van der Waals surface area contributed by atoms with E-state index in [1.54, 1.807) is 7.11 Å². The smallest absolute Gasteiger partial charge is 0.156 e. The lowest BCUT2D eigenvalue weighted by Gasteiger charge is -2.35. The molecule has 4 heteroatoms. The topological polar surface area (TPSA) is 33.6 Å². The molecular formula is C17H26N2OS. The molecular weight excluding hydrogens is 280 g/mol. The summed E-state index contributed by atoms with van der Waals surface area (Å²) in [6, 6.07) is 8.68. The Morgan fingerprint density at radius 3 is 2.81 bits per heavy atom. The van der Waals surface area contributed by atoms with Gasteiger partial charge < -0.3 is 10.1 Å². The second-order valence-electron chi connectivity index (χ2n) is 6.45. The van der Waals surface area contributed by atoms with Crippen LogP contribution in [0.3, 0.4) is 0 Å². The van der Waals surface area contributed by atoms with Gasteiger partial charge in [0.15, 0.2) is 5.17 Å². The third kappa shape index (κ3) is 4.67. The maximum Gasteiger partial charge on any atom is 0.156 e. The zero-order chi connectivity index (χ0) is 15.3. The summed E-state index contributed by atoms with van der Waals surface area (Å²) in [6.45, 7) is 7.65. The molecule has 1 aliphatic heterocycles. The number of rotatable bonds is 4. The largest absolute Gasteiger partial charge is 0.496 e. The van der Waals surface area contributed by atoms with Crippen molar-refractivity contribution in [3.63, 3.8) is 0 Å². The summed E-state index contributed by atoms with van der Waals surface area (Å²) in [4.78, 5) is 4.73. The van der Waals surface area contributed by atoms with Crippen molar-refractivity contribution in [1.29, 1.82) is 0 Å². The lowest BCUT2D eigenvalue weighted by molar-refractivity contribution is 0.290. The summed E-state index contributed by atoms with van der Waals surface area (Å²) in [6.07, 6.45) is 2.12. The van der Waals surface area contributed by atoms with Gasteiger partial charge in [0.25, 0.3) is 0 Å². The van der Waals surface area contributed by atoms with E-state index in [1.807, 2.05) is 30.0 Å². The summed E-state index contributed by atoms with van der Waals surface area (Å²) in [5, 5.41) is 4.68. The van der Waals surface area contributed by atoms with Crippen LogP contribution >= 0.6 is 11.8 Å². The maximum absolute atomic E-state index is 5.38. The Kier molecular flexibility index (Phi) is 5.57. The average Bonchev–Trinajstić information content (AvgIpc) is 2.47. The minimum Gasteiger partial charge on any atom is -0.496 e. The molecule has 1 N–H and O–H groups in total. The van der Waals surface area contributed by atoms with E-state index in [0.29, 0.717) is 6.04 Å². The molecule has 0 aromatic heterocycles. The standard InChI is InChI=1S/C17H26N2OS/c1-17(2,3)15-10-12-21-16(19-15)18-11-9-13-7-5-6-8-14(13)20-4/h5-8,15H,9-12H2,1-4H3,(H,18,19). The van der Waals surface area contributed by atoms with Crippen LogP contribution < -0.4 is 10.1 Å². The van der Waals surface area contributed by atoms with E-state index >= 15 is 0 Å². The van der Waals surface area contributed by atoms with Gasteiger partial charge in [0, 0.05) is 18.3 Å². The van der Waals surface area contributed by atoms with E-state index in [1.165, 1.54) is 12.0 Å². The van der Waals surface area contributed by atoms with Crippen LogP contribution in [-0.2, 0) is 6.42 Å². The summed E-state index contributed by atoms with van der Waals surface area (Å²) in [5.74, 6) is 2.11. The average molecular weight is 306 g/mol. The first kappa shape index (κ1) is 16.2. The second kappa shape index (κ2) is 7.21. The first-order chi connectivity index (χ1) is 10.0. The minimum atomic E-state index is 0.282. The maximum atomic E-state index is 5.38. The van der Waals surface area contributed by atoms with Crippen LogP contribution in [-0.4, -0.2) is 30.6 Å². The lowest BCUT2D eigenvalue weighted by Crippen LogP contribution is -2.46. The summed E-state index contributed by atoms with van der Waals surface area (Å²) in [5.41, 5.74) is 1.50. The molecule has 1 heterocycles. The van der Waals surface area contributed by atoms with Gasteiger partial charge in [-0.2, -0.15) is 0 Å². The summed E-state index contributed by atoms with van der Waals surface area (Å²) in [7, 11) is 1.72. The molecule has 0 spiro atoms. The Bertz CT molecular complexity index is 494. The highest BCUT2D eigenvalue weighted by Gasteiger charge is 2.28. The van der Waals surface area contributed by atoms with E-state index in [-0.39, 0.29) is 5.41 Å². The fourth-order valence-electron chi connectivity index (χ4n) is 2.46. The number of thioether (sulfide) groups is 1. The molecule has 0 saturated carbocycles.